The van der Waals surface area contributed by atoms with Crippen molar-refractivity contribution in [2.75, 3.05) is 13.2 Å². The van der Waals surface area contributed by atoms with Crippen LogP contribution in [0, 0.1) is 6.92 Å². The summed E-state index contributed by atoms with van der Waals surface area (Å²) in [7, 11) is 0. The molecule has 1 heterocycles. The summed E-state index contributed by atoms with van der Waals surface area (Å²) in [6.07, 6.45) is 3.27. The van der Waals surface area contributed by atoms with Crippen molar-refractivity contribution in [3.8, 4) is 5.75 Å². The molecule has 0 aliphatic rings. The summed E-state index contributed by atoms with van der Waals surface area (Å²) < 4.78 is 11.0. The number of carboxylic acids is 1. The highest BCUT2D eigenvalue weighted by molar-refractivity contribution is 5.86. The van der Waals surface area contributed by atoms with E-state index in [0.29, 0.717) is 23.3 Å². The molecule has 1 aromatic heterocycles. The minimum Gasteiger partial charge on any atom is -0.483 e. The first-order chi connectivity index (χ1) is 15.2. The Morgan fingerprint density at radius 3 is 2.69 bits per heavy atom. The van der Waals surface area contributed by atoms with E-state index in [9.17, 15) is 19.5 Å². The van der Waals surface area contributed by atoms with E-state index in [4.69, 9.17) is 20.6 Å². The van der Waals surface area contributed by atoms with Crippen LogP contribution in [0.2, 0.25) is 0 Å². The van der Waals surface area contributed by atoms with Gasteiger partial charge in [0.2, 0.25) is 0 Å². The maximum atomic E-state index is 12.2. The number of nitrogens with one attached hydrogen (secondary N) is 1. The lowest BCUT2D eigenvalue weighted by Crippen LogP contribution is -2.43. The van der Waals surface area contributed by atoms with Crippen molar-refractivity contribution in [2.45, 2.75) is 52.0 Å². The zero-order valence-corrected chi connectivity index (χ0v) is 18.3. The number of ether oxygens (including phenoxy) is 1. The minimum atomic E-state index is -1.16. The van der Waals surface area contributed by atoms with Gasteiger partial charge in [0.15, 0.2) is 12.6 Å². The van der Waals surface area contributed by atoms with Crippen molar-refractivity contribution in [1.82, 2.24) is 5.32 Å². The second-order valence-corrected chi connectivity index (χ2v) is 7.46. The fourth-order valence-corrected chi connectivity index (χ4v) is 3.28. The van der Waals surface area contributed by atoms with Gasteiger partial charge in [0, 0.05) is 23.6 Å². The Kier molecular flexibility index (Phi) is 9.06. The zero-order chi connectivity index (χ0) is 23.7. The minimum absolute atomic E-state index is 0.0756. The van der Waals surface area contributed by atoms with Gasteiger partial charge < -0.3 is 31.0 Å². The van der Waals surface area contributed by atoms with Crippen LogP contribution < -0.4 is 27.1 Å². The molecule has 0 aliphatic heterocycles. The van der Waals surface area contributed by atoms with Crippen LogP contribution in [0.25, 0.3) is 11.0 Å². The SMILES string of the molecule is CCCCc1cc(=O)oc2c(C)c(OCC(=O)NC(CCCN=C(N)N)C(=O)O)ccc12. The number of hydrogen-bond donors (Lipinski definition) is 4. The number of nitrogens with two attached hydrogens (primary N) is 2. The van der Waals surface area contributed by atoms with E-state index in [0.717, 1.165) is 30.2 Å². The van der Waals surface area contributed by atoms with Crippen LogP contribution in [-0.2, 0) is 16.0 Å². The van der Waals surface area contributed by atoms with Crippen LogP contribution in [0.4, 0.5) is 0 Å². The fourth-order valence-electron chi connectivity index (χ4n) is 3.28. The Morgan fingerprint density at radius 1 is 1.28 bits per heavy atom. The van der Waals surface area contributed by atoms with Gasteiger partial charge in [-0.2, -0.15) is 0 Å². The molecule has 2 rings (SSSR count). The van der Waals surface area contributed by atoms with Crippen LogP contribution in [0.3, 0.4) is 0 Å². The quantitative estimate of drug-likeness (QED) is 0.164. The van der Waals surface area contributed by atoms with E-state index in [1.54, 1.807) is 19.1 Å². The average molecular weight is 447 g/mol. The van der Waals surface area contributed by atoms with Gasteiger partial charge in [-0.05, 0) is 50.3 Å². The number of nitrogens with zero attached hydrogens (tertiary/aromatic N) is 1. The van der Waals surface area contributed by atoms with E-state index in [-0.39, 0.29) is 25.5 Å². The first-order valence-electron chi connectivity index (χ1n) is 10.5. The lowest BCUT2D eigenvalue weighted by molar-refractivity contribution is -0.142. The van der Waals surface area contributed by atoms with E-state index in [1.807, 2.05) is 0 Å². The molecule has 0 bridgehead atoms. The second kappa shape index (κ2) is 11.7. The molecule has 10 nitrogen and oxygen atoms in total. The van der Waals surface area contributed by atoms with Crippen molar-refractivity contribution in [2.24, 2.45) is 16.5 Å². The molecule has 6 N–H and O–H groups in total. The molecule has 2 aromatic rings. The molecule has 10 heteroatoms. The topological polar surface area (TPSA) is 170 Å². The molecular formula is C22H30N4O6. The number of benzene rings is 1. The van der Waals surface area contributed by atoms with Gasteiger partial charge in [0.25, 0.3) is 5.91 Å². The summed E-state index contributed by atoms with van der Waals surface area (Å²) in [5.74, 6) is -1.44. The third-order valence-corrected chi connectivity index (χ3v) is 4.93. The summed E-state index contributed by atoms with van der Waals surface area (Å²) >= 11 is 0. The van der Waals surface area contributed by atoms with Crippen molar-refractivity contribution < 1.29 is 23.8 Å². The van der Waals surface area contributed by atoms with Gasteiger partial charge in [0.1, 0.15) is 17.4 Å². The number of aliphatic imine (C=N–C) groups is 1. The Bertz CT molecular complexity index is 1040. The second-order valence-electron chi connectivity index (χ2n) is 7.46. The van der Waals surface area contributed by atoms with E-state index < -0.39 is 23.5 Å². The molecule has 0 radical (unpaired) electrons. The summed E-state index contributed by atoms with van der Waals surface area (Å²) in [5, 5.41) is 12.6. The number of aryl methyl sites for hydroxylation is 2. The van der Waals surface area contributed by atoms with Gasteiger partial charge in [-0.1, -0.05) is 13.3 Å². The van der Waals surface area contributed by atoms with Gasteiger partial charge in [-0.15, -0.1) is 0 Å². The van der Waals surface area contributed by atoms with Crippen LogP contribution >= 0.6 is 0 Å². The Labute approximate surface area is 185 Å². The highest BCUT2D eigenvalue weighted by atomic mass is 16.5. The number of fused-ring (bicyclic) bond motifs is 1. The summed E-state index contributed by atoms with van der Waals surface area (Å²) in [6, 6.07) is 3.93. The molecular weight excluding hydrogens is 416 g/mol. The molecule has 1 unspecified atom stereocenters. The Balaban J connectivity index is 2.05. The maximum Gasteiger partial charge on any atom is 0.336 e. The number of unbranched alkanes of at least 4 members (excludes halogenated alkanes) is 1. The van der Waals surface area contributed by atoms with Gasteiger partial charge >= 0.3 is 11.6 Å². The molecule has 0 aliphatic carbocycles. The molecule has 0 saturated carbocycles. The van der Waals surface area contributed by atoms with Crippen LogP contribution in [0.15, 0.2) is 32.4 Å². The van der Waals surface area contributed by atoms with E-state index in [1.165, 1.54) is 6.07 Å². The Hall–Kier alpha value is -3.56. The molecule has 0 spiro atoms. The van der Waals surface area contributed by atoms with E-state index >= 15 is 0 Å². The first kappa shape index (κ1) is 24.7. The van der Waals surface area contributed by atoms with Crippen molar-refractivity contribution in [3.63, 3.8) is 0 Å². The third kappa shape index (κ3) is 7.00. The Morgan fingerprint density at radius 2 is 2.03 bits per heavy atom. The normalized spacial score (nSPS) is 11.7. The summed E-state index contributed by atoms with van der Waals surface area (Å²) in [5.41, 5.74) is 12.0. The number of carbonyl (C=O) groups excluding carboxylic acids is 1. The molecule has 1 aromatic carbocycles. The zero-order valence-electron chi connectivity index (χ0n) is 18.3. The van der Waals surface area contributed by atoms with Crippen LogP contribution in [0.5, 0.6) is 5.75 Å². The van der Waals surface area contributed by atoms with Gasteiger partial charge in [-0.3, -0.25) is 9.79 Å². The smallest absolute Gasteiger partial charge is 0.336 e. The molecule has 1 amide bonds. The average Bonchev–Trinajstić information content (AvgIpc) is 2.73. The molecule has 32 heavy (non-hydrogen) atoms. The van der Waals surface area contributed by atoms with Gasteiger partial charge in [0.05, 0.1) is 0 Å². The van der Waals surface area contributed by atoms with E-state index in [2.05, 4.69) is 17.2 Å². The van der Waals surface area contributed by atoms with Crippen LogP contribution in [0.1, 0.15) is 43.7 Å². The monoisotopic (exact) mass is 446 g/mol. The van der Waals surface area contributed by atoms with Gasteiger partial charge in [-0.25, -0.2) is 9.59 Å². The number of aliphatic carboxylic acids is 1. The first-order valence-corrected chi connectivity index (χ1v) is 10.5. The van der Waals surface area contributed by atoms with Crippen molar-refractivity contribution >= 4 is 28.8 Å². The van der Waals surface area contributed by atoms with Crippen molar-refractivity contribution in [1.29, 1.82) is 0 Å². The fraction of sp³-hybridized carbons (Fsp3) is 0.455. The summed E-state index contributed by atoms with van der Waals surface area (Å²) in [6.45, 7) is 3.70. The number of carbonyl (C=O) groups is 2. The third-order valence-electron chi connectivity index (χ3n) is 4.93. The number of amides is 1. The lowest BCUT2D eigenvalue weighted by Gasteiger charge is -2.15. The highest BCUT2D eigenvalue weighted by Crippen LogP contribution is 2.29. The number of rotatable bonds is 12. The maximum absolute atomic E-state index is 12.2. The largest absolute Gasteiger partial charge is 0.483 e. The molecule has 1 atom stereocenters. The summed E-state index contributed by atoms with van der Waals surface area (Å²) in [4.78, 5) is 39.4. The molecule has 0 saturated heterocycles. The predicted octanol–water partition coefficient (Wildman–Crippen LogP) is 1.45. The lowest BCUT2D eigenvalue weighted by atomic mass is 10.0. The number of carboxylic acid groups (broad SMARTS) is 1. The number of guanidine groups is 1. The standard InChI is InChI=1S/C22H30N4O6/c1-3-4-6-14-11-19(28)32-20-13(2)17(9-8-15(14)20)31-12-18(27)26-16(21(29)30)7-5-10-25-22(23)24/h8-9,11,16H,3-7,10,12H2,1-2H3,(H,26,27)(H,29,30)(H4,23,24,25). The predicted molar refractivity (Wildman–Crippen MR) is 121 cm³/mol. The van der Waals surface area contributed by atoms with Crippen molar-refractivity contribution in [3.05, 3.63) is 39.7 Å². The van der Waals surface area contributed by atoms with Crippen LogP contribution in [-0.4, -0.2) is 42.1 Å². The molecule has 0 fully saturated rings. The number of hydrogen-bond acceptors (Lipinski definition) is 6. The molecule has 174 valence electrons. The highest BCUT2D eigenvalue weighted by Gasteiger charge is 2.20.